The first-order valence-electron chi connectivity index (χ1n) is 7.65. The van der Waals surface area contributed by atoms with Crippen LogP contribution in [0, 0.1) is 11.8 Å². The van der Waals surface area contributed by atoms with Gasteiger partial charge in [0.15, 0.2) is 0 Å². The number of amides is 1. The SMILES string of the molecule is CC(C)CC(CC(C)C)Nc1ccccc1SCC(N)=O. The van der Waals surface area contributed by atoms with Crippen molar-refractivity contribution in [3.8, 4) is 0 Å². The highest BCUT2D eigenvalue weighted by Gasteiger charge is 2.14. The minimum atomic E-state index is -0.282. The van der Waals surface area contributed by atoms with Crippen molar-refractivity contribution in [1.82, 2.24) is 0 Å². The fourth-order valence-corrected chi connectivity index (χ4v) is 3.19. The van der Waals surface area contributed by atoms with E-state index in [0.29, 0.717) is 23.6 Å². The maximum Gasteiger partial charge on any atom is 0.227 e. The summed E-state index contributed by atoms with van der Waals surface area (Å²) in [5.41, 5.74) is 6.35. The van der Waals surface area contributed by atoms with E-state index in [2.05, 4.69) is 39.1 Å². The van der Waals surface area contributed by atoms with Gasteiger partial charge < -0.3 is 11.1 Å². The van der Waals surface area contributed by atoms with E-state index < -0.39 is 0 Å². The molecule has 0 radical (unpaired) electrons. The standard InChI is InChI=1S/C17H28N2OS/c1-12(2)9-14(10-13(3)4)19-15-7-5-6-8-16(15)21-11-17(18)20/h5-8,12-14,19H,9-11H2,1-4H3,(H2,18,20). The van der Waals surface area contributed by atoms with Gasteiger partial charge in [0.2, 0.25) is 5.91 Å². The largest absolute Gasteiger partial charge is 0.381 e. The summed E-state index contributed by atoms with van der Waals surface area (Å²) in [7, 11) is 0. The van der Waals surface area contributed by atoms with E-state index in [1.807, 2.05) is 18.2 Å². The second-order valence-electron chi connectivity index (χ2n) is 6.35. The van der Waals surface area contributed by atoms with Crippen LogP contribution in [-0.4, -0.2) is 17.7 Å². The Morgan fingerprint density at radius 2 is 1.71 bits per heavy atom. The highest BCUT2D eigenvalue weighted by Crippen LogP contribution is 2.29. The first-order chi connectivity index (χ1) is 9.88. The number of hydrogen-bond donors (Lipinski definition) is 2. The topological polar surface area (TPSA) is 55.1 Å². The Labute approximate surface area is 133 Å². The van der Waals surface area contributed by atoms with Gasteiger partial charge in [0, 0.05) is 16.6 Å². The Balaban J connectivity index is 2.79. The molecule has 0 aliphatic rings. The summed E-state index contributed by atoms with van der Waals surface area (Å²) in [6.07, 6.45) is 2.29. The molecule has 0 heterocycles. The summed E-state index contributed by atoms with van der Waals surface area (Å²) in [6.45, 7) is 9.01. The van der Waals surface area contributed by atoms with E-state index in [1.54, 1.807) is 0 Å². The second kappa shape index (κ2) is 8.98. The molecule has 0 aromatic heterocycles. The minimum absolute atomic E-state index is 0.282. The minimum Gasteiger partial charge on any atom is -0.381 e. The van der Waals surface area contributed by atoms with Gasteiger partial charge >= 0.3 is 0 Å². The van der Waals surface area contributed by atoms with Crippen LogP contribution in [0.5, 0.6) is 0 Å². The number of para-hydroxylation sites is 1. The van der Waals surface area contributed by atoms with Gasteiger partial charge in [-0.3, -0.25) is 4.79 Å². The summed E-state index contributed by atoms with van der Waals surface area (Å²) in [5.74, 6) is 1.35. The molecule has 1 aromatic carbocycles. The molecule has 0 saturated heterocycles. The molecule has 0 spiro atoms. The molecule has 1 rings (SSSR count). The molecule has 118 valence electrons. The zero-order chi connectivity index (χ0) is 15.8. The predicted octanol–water partition coefficient (Wildman–Crippen LogP) is 4.14. The Hall–Kier alpha value is -1.16. The van der Waals surface area contributed by atoms with Crippen LogP contribution in [-0.2, 0) is 4.79 Å². The Morgan fingerprint density at radius 1 is 1.14 bits per heavy atom. The molecule has 1 aromatic rings. The maximum absolute atomic E-state index is 11.0. The number of benzene rings is 1. The third-order valence-electron chi connectivity index (χ3n) is 3.13. The molecule has 0 aliphatic carbocycles. The summed E-state index contributed by atoms with van der Waals surface area (Å²) in [6, 6.07) is 8.60. The molecule has 0 aliphatic heterocycles. The van der Waals surface area contributed by atoms with Gasteiger partial charge in [-0.05, 0) is 36.8 Å². The highest BCUT2D eigenvalue weighted by molar-refractivity contribution is 8.00. The molecule has 4 heteroatoms. The second-order valence-corrected chi connectivity index (χ2v) is 7.37. The van der Waals surface area contributed by atoms with Crippen molar-refractivity contribution >= 4 is 23.4 Å². The highest BCUT2D eigenvalue weighted by atomic mass is 32.2. The monoisotopic (exact) mass is 308 g/mol. The van der Waals surface area contributed by atoms with Crippen LogP contribution in [0.1, 0.15) is 40.5 Å². The van der Waals surface area contributed by atoms with E-state index >= 15 is 0 Å². The van der Waals surface area contributed by atoms with E-state index in [0.717, 1.165) is 23.4 Å². The molecule has 1 amide bonds. The van der Waals surface area contributed by atoms with Crippen LogP contribution in [0.15, 0.2) is 29.2 Å². The lowest BCUT2D eigenvalue weighted by Crippen LogP contribution is -2.24. The van der Waals surface area contributed by atoms with Crippen molar-refractivity contribution in [3.05, 3.63) is 24.3 Å². The van der Waals surface area contributed by atoms with Crippen molar-refractivity contribution in [3.63, 3.8) is 0 Å². The van der Waals surface area contributed by atoms with E-state index in [9.17, 15) is 4.79 Å². The third kappa shape index (κ3) is 7.42. The lowest BCUT2D eigenvalue weighted by molar-refractivity contribution is -0.115. The number of hydrogen-bond acceptors (Lipinski definition) is 3. The molecule has 0 atom stereocenters. The average Bonchev–Trinajstić information content (AvgIpc) is 2.36. The van der Waals surface area contributed by atoms with Crippen LogP contribution >= 0.6 is 11.8 Å². The molecule has 0 bridgehead atoms. The number of anilines is 1. The molecular formula is C17H28N2OS. The molecule has 3 N–H and O–H groups in total. The number of carbonyl (C=O) groups excluding carboxylic acids is 1. The normalized spacial score (nSPS) is 11.4. The van der Waals surface area contributed by atoms with Gasteiger partial charge in [0.25, 0.3) is 0 Å². The third-order valence-corrected chi connectivity index (χ3v) is 4.22. The van der Waals surface area contributed by atoms with Crippen molar-refractivity contribution in [2.45, 2.75) is 51.5 Å². The summed E-state index contributed by atoms with van der Waals surface area (Å²) >= 11 is 1.50. The lowest BCUT2D eigenvalue weighted by Gasteiger charge is -2.24. The van der Waals surface area contributed by atoms with Crippen molar-refractivity contribution in [2.24, 2.45) is 17.6 Å². The molecule has 0 fully saturated rings. The van der Waals surface area contributed by atoms with Crippen LogP contribution in [0.3, 0.4) is 0 Å². The molecular weight excluding hydrogens is 280 g/mol. The number of primary amides is 1. The van der Waals surface area contributed by atoms with E-state index in [1.165, 1.54) is 11.8 Å². The predicted molar refractivity (Wildman–Crippen MR) is 92.7 cm³/mol. The van der Waals surface area contributed by atoms with Crippen LogP contribution in [0.25, 0.3) is 0 Å². The first-order valence-corrected chi connectivity index (χ1v) is 8.63. The Morgan fingerprint density at radius 3 is 2.24 bits per heavy atom. The number of nitrogens with one attached hydrogen (secondary N) is 1. The fraction of sp³-hybridized carbons (Fsp3) is 0.588. The van der Waals surface area contributed by atoms with Crippen LogP contribution in [0.2, 0.25) is 0 Å². The molecule has 3 nitrogen and oxygen atoms in total. The Kier molecular flexibility index (Phi) is 7.65. The number of nitrogens with two attached hydrogens (primary N) is 1. The lowest BCUT2D eigenvalue weighted by atomic mass is 9.95. The van der Waals surface area contributed by atoms with Crippen LogP contribution in [0.4, 0.5) is 5.69 Å². The molecule has 21 heavy (non-hydrogen) atoms. The van der Waals surface area contributed by atoms with Gasteiger partial charge in [-0.1, -0.05) is 39.8 Å². The van der Waals surface area contributed by atoms with Gasteiger partial charge in [-0.2, -0.15) is 0 Å². The van der Waals surface area contributed by atoms with Crippen molar-refractivity contribution < 1.29 is 4.79 Å². The number of carbonyl (C=O) groups is 1. The van der Waals surface area contributed by atoms with Gasteiger partial charge in [0.05, 0.1) is 5.75 Å². The van der Waals surface area contributed by atoms with Gasteiger partial charge in [-0.25, -0.2) is 0 Å². The van der Waals surface area contributed by atoms with Crippen molar-refractivity contribution in [1.29, 1.82) is 0 Å². The summed E-state index contributed by atoms with van der Waals surface area (Å²) in [4.78, 5) is 12.1. The molecule has 0 saturated carbocycles. The Bertz CT molecular complexity index is 436. The zero-order valence-electron chi connectivity index (χ0n) is 13.6. The smallest absolute Gasteiger partial charge is 0.227 e. The first kappa shape index (κ1) is 17.9. The summed E-state index contributed by atoms with van der Waals surface area (Å²) < 4.78 is 0. The zero-order valence-corrected chi connectivity index (χ0v) is 14.4. The van der Waals surface area contributed by atoms with E-state index in [4.69, 9.17) is 5.73 Å². The maximum atomic E-state index is 11.0. The summed E-state index contributed by atoms with van der Waals surface area (Å²) in [5, 5.41) is 3.66. The van der Waals surface area contributed by atoms with Gasteiger partial charge in [0.1, 0.15) is 0 Å². The molecule has 0 unspecified atom stereocenters. The quantitative estimate of drug-likeness (QED) is 0.674. The average molecular weight is 308 g/mol. The number of thioether (sulfide) groups is 1. The van der Waals surface area contributed by atoms with Crippen LogP contribution < -0.4 is 11.1 Å². The fourth-order valence-electron chi connectivity index (χ4n) is 2.43. The van der Waals surface area contributed by atoms with Crippen molar-refractivity contribution in [2.75, 3.05) is 11.1 Å². The number of rotatable bonds is 9. The van der Waals surface area contributed by atoms with Gasteiger partial charge in [-0.15, -0.1) is 11.8 Å². The van der Waals surface area contributed by atoms with E-state index in [-0.39, 0.29) is 5.91 Å².